The highest BCUT2D eigenvalue weighted by atomic mass is 16.5. The summed E-state index contributed by atoms with van der Waals surface area (Å²) in [7, 11) is 1.74. The molecule has 6 nitrogen and oxygen atoms in total. The molecule has 1 aliphatic rings. The predicted octanol–water partition coefficient (Wildman–Crippen LogP) is 2.72. The molecule has 22 heavy (non-hydrogen) atoms. The number of carbonyl (C=O) groups is 1. The number of carbonyl (C=O) groups excluding carboxylic acids is 1. The first-order valence-corrected chi connectivity index (χ1v) is 8.09. The van der Waals surface area contributed by atoms with E-state index in [0.717, 1.165) is 17.9 Å². The third-order valence-electron chi connectivity index (χ3n) is 4.17. The van der Waals surface area contributed by atoms with Crippen LogP contribution < -0.4 is 5.32 Å². The Morgan fingerprint density at radius 2 is 2.27 bits per heavy atom. The highest BCUT2D eigenvalue weighted by Gasteiger charge is 2.21. The average Bonchev–Trinajstić information content (AvgIpc) is 2.90. The van der Waals surface area contributed by atoms with E-state index in [0.29, 0.717) is 31.7 Å². The number of nitrogens with one attached hydrogen (secondary N) is 1. The monoisotopic (exact) mass is 309 g/mol. The zero-order valence-electron chi connectivity index (χ0n) is 13.8. The smallest absolute Gasteiger partial charge is 0.317 e. The van der Waals surface area contributed by atoms with Crippen molar-refractivity contribution in [3.63, 3.8) is 0 Å². The number of nitrogens with zero attached hydrogens (tertiary/aromatic N) is 2. The maximum Gasteiger partial charge on any atom is 0.317 e. The van der Waals surface area contributed by atoms with Crippen LogP contribution in [0.2, 0.25) is 0 Å². The lowest BCUT2D eigenvalue weighted by Gasteiger charge is -2.28. The van der Waals surface area contributed by atoms with Crippen LogP contribution >= 0.6 is 0 Å². The van der Waals surface area contributed by atoms with Gasteiger partial charge >= 0.3 is 6.03 Å². The Balaban J connectivity index is 1.62. The summed E-state index contributed by atoms with van der Waals surface area (Å²) in [5, 5.41) is 6.75. The molecule has 2 atom stereocenters. The van der Waals surface area contributed by atoms with Crippen LogP contribution in [0.5, 0.6) is 0 Å². The predicted molar refractivity (Wildman–Crippen MR) is 83.5 cm³/mol. The van der Waals surface area contributed by atoms with Crippen molar-refractivity contribution in [1.82, 2.24) is 15.4 Å². The van der Waals surface area contributed by atoms with E-state index >= 15 is 0 Å². The molecule has 0 saturated heterocycles. The third-order valence-corrected chi connectivity index (χ3v) is 4.17. The van der Waals surface area contributed by atoms with E-state index in [-0.39, 0.29) is 6.03 Å². The SMILES string of the molecule is Cc1cc(CN(C)C(=O)NCCO[C@H]2CCCC[C@H]2C)no1. The quantitative estimate of drug-likeness (QED) is 0.820. The lowest BCUT2D eigenvalue weighted by Crippen LogP contribution is -2.39. The maximum atomic E-state index is 12.0. The van der Waals surface area contributed by atoms with Gasteiger partial charge in [0.25, 0.3) is 0 Å². The molecule has 1 fully saturated rings. The van der Waals surface area contributed by atoms with Crippen LogP contribution in [-0.4, -0.2) is 42.4 Å². The Kier molecular flexibility index (Phi) is 6.24. The molecule has 0 radical (unpaired) electrons. The number of hydrogen-bond acceptors (Lipinski definition) is 4. The van der Waals surface area contributed by atoms with Crippen LogP contribution in [0, 0.1) is 12.8 Å². The van der Waals surface area contributed by atoms with Gasteiger partial charge in [0.1, 0.15) is 11.5 Å². The van der Waals surface area contributed by atoms with Gasteiger partial charge in [0.05, 0.1) is 19.3 Å². The molecule has 0 aliphatic heterocycles. The molecule has 0 spiro atoms. The second kappa shape index (κ2) is 8.17. The molecule has 0 aromatic carbocycles. The molecule has 2 amide bonds. The molecule has 1 N–H and O–H groups in total. The number of ether oxygens (including phenoxy) is 1. The van der Waals surface area contributed by atoms with Crippen LogP contribution in [0.1, 0.15) is 44.1 Å². The van der Waals surface area contributed by atoms with Crippen molar-refractivity contribution in [3.05, 3.63) is 17.5 Å². The van der Waals surface area contributed by atoms with Gasteiger partial charge in [-0.1, -0.05) is 24.9 Å². The minimum atomic E-state index is -0.124. The first-order valence-electron chi connectivity index (χ1n) is 8.09. The molecule has 2 rings (SSSR count). The Morgan fingerprint density at radius 3 is 2.95 bits per heavy atom. The van der Waals surface area contributed by atoms with Crippen molar-refractivity contribution >= 4 is 6.03 Å². The van der Waals surface area contributed by atoms with Gasteiger partial charge < -0.3 is 19.5 Å². The number of aromatic nitrogens is 1. The average molecular weight is 309 g/mol. The topological polar surface area (TPSA) is 67.6 Å². The number of amides is 2. The zero-order valence-corrected chi connectivity index (χ0v) is 13.8. The van der Waals surface area contributed by atoms with E-state index < -0.39 is 0 Å². The van der Waals surface area contributed by atoms with Crippen LogP contribution in [0.3, 0.4) is 0 Å². The van der Waals surface area contributed by atoms with Gasteiger partial charge in [-0.15, -0.1) is 0 Å². The van der Waals surface area contributed by atoms with Gasteiger partial charge in [-0.3, -0.25) is 0 Å². The van der Waals surface area contributed by atoms with Gasteiger partial charge in [0, 0.05) is 19.7 Å². The van der Waals surface area contributed by atoms with E-state index in [2.05, 4.69) is 17.4 Å². The Bertz CT molecular complexity index is 475. The molecule has 124 valence electrons. The number of rotatable bonds is 6. The first kappa shape index (κ1) is 16.8. The molecular weight excluding hydrogens is 282 g/mol. The lowest BCUT2D eigenvalue weighted by atomic mass is 9.88. The normalized spacial score (nSPS) is 21.6. The van der Waals surface area contributed by atoms with Crippen molar-refractivity contribution < 1.29 is 14.1 Å². The van der Waals surface area contributed by atoms with E-state index in [1.54, 1.807) is 11.9 Å². The summed E-state index contributed by atoms with van der Waals surface area (Å²) < 4.78 is 10.9. The fraction of sp³-hybridized carbons (Fsp3) is 0.750. The molecule has 1 aromatic rings. The van der Waals surface area contributed by atoms with Gasteiger partial charge in [-0.05, 0) is 25.7 Å². The highest BCUT2D eigenvalue weighted by molar-refractivity contribution is 5.73. The van der Waals surface area contributed by atoms with Gasteiger partial charge in [0.15, 0.2) is 0 Å². The molecule has 1 aromatic heterocycles. The van der Waals surface area contributed by atoms with Crippen molar-refractivity contribution in [2.75, 3.05) is 20.2 Å². The van der Waals surface area contributed by atoms with Crippen molar-refractivity contribution in [2.24, 2.45) is 5.92 Å². The second-order valence-electron chi connectivity index (χ2n) is 6.19. The van der Waals surface area contributed by atoms with Gasteiger partial charge in [-0.2, -0.15) is 0 Å². The van der Waals surface area contributed by atoms with E-state index in [1.165, 1.54) is 19.3 Å². The Morgan fingerprint density at radius 1 is 1.50 bits per heavy atom. The Hall–Kier alpha value is -1.56. The summed E-state index contributed by atoms with van der Waals surface area (Å²) in [5.74, 6) is 1.38. The largest absolute Gasteiger partial charge is 0.376 e. The third kappa shape index (κ3) is 5.02. The van der Waals surface area contributed by atoms with Crippen molar-refractivity contribution in [1.29, 1.82) is 0 Å². The molecule has 1 saturated carbocycles. The first-order chi connectivity index (χ1) is 10.6. The minimum absolute atomic E-state index is 0.124. The summed E-state index contributed by atoms with van der Waals surface area (Å²) >= 11 is 0. The maximum absolute atomic E-state index is 12.0. The molecule has 0 bridgehead atoms. The fourth-order valence-electron chi connectivity index (χ4n) is 2.84. The van der Waals surface area contributed by atoms with Crippen LogP contribution in [-0.2, 0) is 11.3 Å². The van der Waals surface area contributed by atoms with E-state index in [9.17, 15) is 4.79 Å². The summed E-state index contributed by atoms with van der Waals surface area (Å²) in [6.45, 7) is 5.61. The van der Waals surface area contributed by atoms with Crippen molar-refractivity contribution in [3.8, 4) is 0 Å². The highest BCUT2D eigenvalue weighted by Crippen LogP contribution is 2.25. The number of hydrogen-bond donors (Lipinski definition) is 1. The standard InChI is InChI=1S/C16H27N3O3/c1-12-6-4-5-7-15(12)21-9-8-17-16(20)19(3)11-14-10-13(2)22-18-14/h10,12,15H,4-9,11H2,1-3H3,(H,17,20)/t12-,15+/m1/s1. The van der Waals surface area contributed by atoms with Crippen molar-refractivity contribution in [2.45, 2.75) is 52.2 Å². The molecule has 1 heterocycles. The molecular formula is C16H27N3O3. The van der Waals surface area contributed by atoms with E-state index in [4.69, 9.17) is 9.26 Å². The molecule has 1 aliphatic carbocycles. The summed E-state index contributed by atoms with van der Waals surface area (Å²) in [6, 6.07) is 1.71. The number of urea groups is 1. The second-order valence-corrected chi connectivity index (χ2v) is 6.19. The van der Waals surface area contributed by atoms with Crippen LogP contribution in [0.25, 0.3) is 0 Å². The molecule has 0 unspecified atom stereocenters. The van der Waals surface area contributed by atoms with Gasteiger partial charge in [-0.25, -0.2) is 4.79 Å². The van der Waals surface area contributed by atoms with Gasteiger partial charge in [0.2, 0.25) is 0 Å². The summed E-state index contributed by atoms with van der Waals surface area (Å²) in [6.07, 6.45) is 5.30. The Labute approximate surface area is 132 Å². The van der Waals surface area contributed by atoms with E-state index in [1.807, 2.05) is 13.0 Å². The lowest BCUT2D eigenvalue weighted by molar-refractivity contribution is -0.00267. The number of aryl methyl sites for hydroxylation is 1. The zero-order chi connectivity index (χ0) is 15.9. The summed E-state index contributed by atoms with van der Waals surface area (Å²) in [4.78, 5) is 13.6. The molecule has 6 heteroatoms. The van der Waals surface area contributed by atoms with Crippen LogP contribution in [0.4, 0.5) is 4.79 Å². The summed E-state index contributed by atoms with van der Waals surface area (Å²) in [5.41, 5.74) is 0.752. The minimum Gasteiger partial charge on any atom is -0.376 e. The van der Waals surface area contributed by atoms with Crippen LogP contribution in [0.15, 0.2) is 10.6 Å². The fourth-order valence-corrected chi connectivity index (χ4v) is 2.84.